The Bertz CT molecular complexity index is 3770. The first kappa shape index (κ1) is 45.7. The number of hydrogen-bond acceptors (Lipinski definition) is 3. The molecular weight excluding hydrogens is 1040 g/mol. The molecule has 0 aliphatic carbocycles. The number of hydrogen-bond donors (Lipinski definition) is 0. The van der Waals surface area contributed by atoms with Crippen molar-refractivity contribution in [2.24, 2.45) is 0 Å². The number of imidazole rings is 2. The van der Waals surface area contributed by atoms with Gasteiger partial charge in [0.2, 0.25) is 0 Å². The molecular formula is C65H50IrN5. The van der Waals surface area contributed by atoms with E-state index in [1.54, 1.807) is 0 Å². The zero-order chi connectivity index (χ0) is 47.3. The predicted molar refractivity (Wildman–Crippen MR) is 287 cm³/mol. The van der Waals surface area contributed by atoms with E-state index in [1.165, 1.54) is 72.2 Å². The monoisotopic (exact) mass is 1090 g/mol. The molecule has 5 nitrogen and oxygen atoms in total. The quantitative estimate of drug-likeness (QED) is 0.121. The van der Waals surface area contributed by atoms with E-state index in [0.717, 1.165) is 87.1 Å². The summed E-state index contributed by atoms with van der Waals surface area (Å²) in [5, 5.41) is 4.47. The van der Waals surface area contributed by atoms with Crippen molar-refractivity contribution < 1.29 is 20.1 Å². The van der Waals surface area contributed by atoms with Crippen molar-refractivity contribution in [3.05, 3.63) is 246 Å². The fourth-order valence-corrected chi connectivity index (χ4v) is 10.1. The van der Waals surface area contributed by atoms with Gasteiger partial charge in [-0.15, -0.1) is 98.9 Å². The fraction of sp³-hybridized carbons (Fsp3) is 0.123. The number of nitrogens with zero attached hydrogens (tertiary/aromatic N) is 5. The van der Waals surface area contributed by atoms with Gasteiger partial charge >= 0.3 is 20.1 Å². The van der Waals surface area contributed by atoms with Crippen LogP contribution in [0.5, 0.6) is 0 Å². The summed E-state index contributed by atoms with van der Waals surface area (Å²) in [6.07, 6.45) is 9.78. The smallest absolute Gasteiger partial charge is 0.344 e. The third kappa shape index (κ3) is 8.91. The van der Waals surface area contributed by atoms with E-state index in [0.29, 0.717) is 0 Å². The SMILES string of the molecule is Cc1nc2c3[c-]cc(CCc4cc(CCc5c[c-]c6c(ccn7c(C)c(C)nc67)c5)cc(-c5ccccc5-c5c[c-]c(-c6cc(-c7ccc(-c8ccccc8)cc7)ccn6)cc5)c4)cc3ccn2c1C.[Ir+3]. The van der Waals surface area contributed by atoms with Gasteiger partial charge in [0, 0.05) is 29.0 Å². The molecule has 71 heavy (non-hydrogen) atoms. The van der Waals surface area contributed by atoms with E-state index in [9.17, 15) is 0 Å². The molecule has 12 rings (SSSR count). The summed E-state index contributed by atoms with van der Waals surface area (Å²) in [5.41, 5.74) is 22.8. The summed E-state index contributed by atoms with van der Waals surface area (Å²) in [6, 6.07) is 70.2. The molecule has 0 fully saturated rings. The van der Waals surface area contributed by atoms with Crippen LogP contribution in [0.25, 0.3) is 88.6 Å². The Hall–Kier alpha value is -7.76. The van der Waals surface area contributed by atoms with Gasteiger partial charge in [-0.1, -0.05) is 139 Å². The van der Waals surface area contributed by atoms with Crippen molar-refractivity contribution in [3.63, 3.8) is 0 Å². The first-order chi connectivity index (χ1) is 34.3. The van der Waals surface area contributed by atoms with Crippen LogP contribution < -0.4 is 0 Å². The van der Waals surface area contributed by atoms with Gasteiger partial charge in [-0.25, -0.2) is 0 Å². The topological polar surface area (TPSA) is 47.5 Å². The summed E-state index contributed by atoms with van der Waals surface area (Å²) < 4.78 is 4.34. The van der Waals surface area contributed by atoms with Crippen LogP contribution >= 0.6 is 0 Å². The minimum atomic E-state index is 0. The van der Waals surface area contributed by atoms with Gasteiger partial charge in [0.25, 0.3) is 0 Å². The fourth-order valence-electron chi connectivity index (χ4n) is 10.1. The third-order valence-electron chi connectivity index (χ3n) is 14.3. The molecule has 0 radical (unpaired) electrons. The number of pyridine rings is 3. The van der Waals surface area contributed by atoms with E-state index in [-0.39, 0.29) is 20.1 Å². The zero-order valence-electron chi connectivity index (χ0n) is 40.2. The molecule has 0 spiro atoms. The molecule has 0 atom stereocenters. The van der Waals surface area contributed by atoms with Gasteiger partial charge in [-0.2, -0.15) is 0 Å². The molecule has 6 heteroatoms. The molecule has 0 aliphatic rings. The number of aromatic nitrogens is 5. The molecule has 344 valence electrons. The zero-order valence-corrected chi connectivity index (χ0v) is 42.6. The average molecular weight is 1090 g/mol. The Labute approximate surface area is 428 Å². The summed E-state index contributed by atoms with van der Waals surface area (Å²) in [5.74, 6) is 0. The van der Waals surface area contributed by atoms with Crippen LogP contribution in [0.2, 0.25) is 0 Å². The van der Waals surface area contributed by atoms with Crippen molar-refractivity contribution in [1.82, 2.24) is 23.8 Å². The Morgan fingerprint density at radius 1 is 0.423 bits per heavy atom. The molecule has 0 N–H and O–H groups in total. The van der Waals surface area contributed by atoms with Gasteiger partial charge in [-0.05, 0) is 109 Å². The normalized spacial score (nSPS) is 11.5. The Morgan fingerprint density at radius 3 is 1.49 bits per heavy atom. The number of fused-ring (bicyclic) bond motifs is 6. The minimum absolute atomic E-state index is 0. The summed E-state index contributed by atoms with van der Waals surface area (Å²) in [4.78, 5) is 14.5. The first-order valence-corrected chi connectivity index (χ1v) is 24.2. The summed E-state index contributed by atoms with van der Waals surface area (Å²) >= 11 is 0. The van der Waals surface area contributed by atoms with Crippen molar-refractivity contribution in [3.8, 4) is 55.8 Å². The molecule has 7 aromatic carbocycles. The van der Waals surface area contributed by atoms with E-state index < -0.39 is 0 Å². The first-order valence-electron chi connectivity index (χ1n) is 24.2. The van der Waals surface area contributed by atoms with Crippen molar-refractivity contribution in [2.75, 3.05) is 0 Å². The van der Waals surface area contributed by atoms with Gasteiger partial charge in [0.05, 0.1) is 11.3 Å². The Balaban J connectivity index is 0.00000547. The molecule has 0 unspecified atom stereocenters. The van der Waals surface area contributed by atoms with E-state index in [1.807, 2.05) is 6.20 Å². The molecule has 0 aliphatic heterocycles. The van der Waals surface area contributed by atoms with E-state index in [4.69, 9.17) is 15.0 Å². The molecule has 12 aromatic rings. The minimum Gasteiger partial charge on any atom is -0.344 e. The second-order valence-corrected chi connectivity index (χ2v) is 18.7. The predicted octanol–water partition coefficient (Wildman–Crippen LogP) is 15.2. The molecule has 0 bridgehead atoms. The van der Waals surface area contributed by atoms with Gasteiger partial charge in [0.15, 0.2) is 0 Å². The second kappa shape index (κ2) is 19.2. The molecule has 5 aromatic heterocycles. The van der Waals surface area contributed by atoms with Crippen LogP contribution in [0, 0.1) is 45.9 Å². The molecule has 5 heterocycles. The Kier molecular flexibility index (Phi) is 12.4. The van der Waals surface area contributed by atoms with Crippen LogP contribution in [0.3, 0.4) is 0 Å². The van der Waals surface area contributed by atoms with Crippen LogP contribution in [0.1, 0.15) is 45.0 Å². The third-order valence-corrected chi connectivity index (χ3v) is 14.3. The molecule has 0 amide bonds. The average Bonchev–Trinajstić information content (AvgIpc) is 3.88. The molecule has 0 saturated heterocycles. The Morgan fingerprint density at radius 2 is 0.930 bits per heavy atom. The maximum absolute atomic E-state index is 4.87. The van der Waals surface area contributed by atoms with Crippen LogP contribution in [-0.2, 0) is 45.8 Å². The second-order valence-electron chi connectivity index (χ2n) is 18.7. The largest absolute Gasteiger partial charge is 3.00 e. The van der Waals surface area contributed by atoms with Gasteiger partial charge < -0.3 is 13.8 Å². The number of aryl methyl sites for hydroxylation is 8. The summed E-state index contributed by atoms with van der Waals surface area (Å²) in [6.45, 7) is 8.39. The standard InChI is InChI=1S/C65H50N5.Ir/c1-42-44(3)69-34-31-56-37-46(18-28-61(56)64(69)67-42)14-16-48-36-49(17-15-47-19-29-62-57(38-47)32-35-70-45(4)43(2)68-65(62)70)40-58(39-48)60-13-9-8-12-59(60)53-24-26-54(27-25-53)63-41-55(30-33-66-63)52-22-20-51(21-23-52)50-10-6-5-7-11-50;/h5-13,18-26,30-41H,14-17H2,1-4H3;/q-3;+3. The van der Waals surface area contributed by atoms with Crippen molar-refractivity contribution in [2.45, 2.75) is 53.4 Å². The maximum atomic E-state index is 4.87. The van der Waals surface area contributed by atoms with Crippen molar-refractivity contribution >= 4 is 32.8 Å². The van der Waals surface area contributed by atoms with Crippen LogP contribution in [-0.4, -0.2) is 23.8 Å². The van der Waals surface area contributed by atoms with Crippen molar-refractivity contribution in [1.29, 1.82) is 0 Å². The number of rotatable bonds is 11. The van der Waals surface area contributed by atoms with Crippen LogP contribution in [0.4, 0.5) is 0 Å². The van der Waals surface area contributed by atoms with E-state index in [2.05, 4.69) is 231 Å². The number of benzene rings is 7. The van der Waals surface area contributed by atoms with Crippen LogP contribution in [0.15, 0.2) is 182 Å². The summed E-state index contributed by atoms with van der Waals surface area (Å²) in [7, 11) is 0. The van der Waals surface area contributed by atoms with E-state index >= 15 is 0 Å². The molecule has 0 saturated carbocycles. The maximum Gasteiger partial charge on any atom is 3.00 e. The van der Waals surface area contributed by atoms with Gasteiger partial charge in [-0.3, -0.25) is 9.97 Å². The van der Waals surface area contributed by atoms with Gasteiger partial charge in [0.1, 0.15) is 0 Å².